The first-order valence-corrected chi connectivity index (χ1v) is 9.31. The molecule has 0 saturated heterocycles. The number of imide groups is 1. The van der Waals surface area contributed by atoms with E-state index in [9.17, 15) is 14.4 Å². The molecule has 2 aromatic carbocycles. The summed E-state index contributed by atoms with van der Waals surface area (Å²) in [5.74, 6) is -0.531. The Balaban J connectivity index is 1.44. The van der Waals surface area contributed by atoms with Crippen LogP contribution in [0.5, 0.6) is 0 Å². The Morgan fingerprint density at radius 3 is 2.32 bits per heavy atom. The van der Waals surface area contributed by atoms with Gasteiger partial charge in [0.25, 0.3) is 5.91 Å². The molecule has 0 aromatic heterocycles. The van der Waals surface area contributed by atoms with Gasteiger partial charge in [0.2, 0.25) is 5.91 Å². The van der Waals surface area contributed by atoms with Gasteiger partial charge in [-0.05, 0) is 49.6 Å². The maximum absolute atomic E-state index is 12.2. The van der Waals surface area contributed by atoms with E-state index < -0.39 is 18.0 Å². The van der Waals surface area contributed by atoms with Crippen LogP contribution in [0.2, 0.25) is 0 Å². The normalized spacial score (nSPS) is 13.9. The van der Waals surface area contributed by atoms with Crippen LogP contribution >= 0.6 is 0 Å². The van der Waals surface area contributed by atoms with Gasteiger partial charge in [0.15, 0.2) is 0 Å². The van der Waals surface area contributed by atoms with Crippen LogP contribution in [0.25, 0.3) is 0 Å². The molecule has 4 amide bonds. The van der Waals surface area contributed by atoms with Crippen molar-refractivity contribution in [2.45, 2.75) is 38.4 Å². The molecule has 0 heterocycles. The highest BCUT2D eigenvalue weighted by Crippen LogP contribution is 2.19. The standard InChI is InChI=1S/C21H24N4O3/c1-14(19(26)25-21(28)22-13-15-5-3-2-4-6-15)23-17-9-7-16(8-10-17)20(27)24-18-11-12-18/h2-10,14,18,23H,11-13H2,1H3,(H,24,27)(H2,22,25,26,28). The smallest absolute Gasteiger partial charge is 0.321 e. The summed E-state index contributed by atoms with van der Waals surface area (Å²) in [6, 6.07) is 15.5. The molecule has 1 unspecified atom stereocenters. The van der Waals surface area contributed by atoms with E-state index in [2.05, 4.69) is 21.3 Å². The molecule has 7 heteroatoms. The van der Waals surface area contributed by atoms with Crippen molar-refractivity contribution in [1.29, 1.82) is 0 Å². The van der Waals surface area contributed by atoms with Gasteiger partial charge in [-0.3, -0.25) is 14.9 Å². The number of carbonyl (C=O) groups excluding carboxylic acids is 3. The molecule has 0 bridgehead atoms. The third-order valence-corrected chi connectivity index (χ3v) is 4.37. The summed E-state index contributed by atoms with van der Waals surface area (Å²) in [5.41, 5.74) is 2.22. The van der Waals surface area contributed by atoms with Gasteiger partial charge in [0, 0.05) is 23.8 Å². The molecule has 4 N–H and O–H groups in total. The fourth-order valence-electron chi connectivity index (χ4n) is 2.57. The van der Waals surface area contributed by atoms with Crippen LogP contribution < -0.4 is 21.3 Å². The molecule has 28 heavy (non-hydrogen) atoms. The third kappa shape index (κ3) is 5.84. The van der Waals surface area contributed by atoms with Crippen LogP contribution in [-0.4, -0.2) is 29.9 Å². The predicted octanol–water partition coefficient (Wildman–Crippen LogP) is 2.41. The lowest BCUT2D eigenvalue weighted by Gasteiger charge is -2.15. The lowest BCUT2D eigenvalue weighted by molar-refractivity contribution is -0.120. The molecule has 146 valence electrons. The largest absolute Gasteiger partial charge is 0.374 e. The molecule has 1 saturated carbocycles. The van der Waals surface area contributed by atoms with Crippen molar-refractivity contribution < 1.29 is 14.4 Å². The summed E-state index contributed by atoms with van der Waals surface area (Å²) < 4.78 is 0. The minimum absolute atomic E-state index is 0.0880. The van der Waals surface area contributed by atoms with Crippen LogP contribution in [0, 0.1) is 0 Å². The second-order valence-corrected chi connectivity index (χ2v) is 6.85. The first kappa shape index (κ1) is 19.4. The molecule has 1 fully saturated rings. The summed E-state index contributed by atoms with van der Waals surface area (Å²) in [6.07, 6.45) is 2.08. The van der Waals surface area contributed by atoms with Gasteiger partial charge < -0.3 is 16.0 Å². The van der Waals surface area contributed by atoms with Crippen molar-refractivity contribution in [3.05, 3.63) is 65.7 Å². The number of carbonyl (C=O) groups is 3. The van der Waals surface area contributed by atoms with E-state index >= 15 is 0 Å². The number of amides is 4. The van der Waals surface area contributed by atoms with Gasteiger partial charge in [0.1, 0.15) is 6.04 Å². The van der Waals surface area contributed by atoms with E-state index in [0.717, 1.165) is 18.4 Å². The molecule has 0 radical (unpaired) electrons. The number of benzene rings is 2. The van der Waals surface area contributed by atoms with Crippen molar-refractivity contribution >= 4 is 23.5 Å². The van der Waals surface area contributed by atoms with Crippen molar-refractivity contribution in [2.75, 3.05) is 5.32 Å². The van der Waals surface area contributed by atoms with Gasteiger partial charge in [-0.15, -0.1) is 0 Å². The van der Waals surface area contributed by atoms with Gasteiger partial charge in [-0.25, -0.2) is 4.79 Å². The van der Waals surface area contributed by atoms with Crippen LogP contribution in [0.15, 0.2) is 54.6 Å². The average molecular weight is 380 g/mol. The number of anilines is 1. The summed E-state index contributed by atoms with van der Waals surface area (Å²) >= 11 is 0. The quantitative estimate of drug-likeness (QED) is 0.593. The Hall–Kier alpha value is -3.35. The Morgan fingerprint density at radius 1 is 1.00 bits per heavy atom. The first-order chi connectivity index (χ1) is 13.5. The summed E-state index contributed by atoms with van der Waals surface area (Å²) in [4.78, 5) is 36.0. The zero-order chi connectivity index (χ0) is 19.9. The van der Waals surface area contributed by atoms with Crippen LogP contribution in [-0.2, 0) is 11.3 Å². The lowest BCUT2D eigenvalue weighted by Crippen LogP contribution is -2.45. The number of urea groups is 1. The molecule has 1 aliphatic rings. The van der Waals surface area contributed by atoms with Gasteiger partial charge >= 0.3 is 6.03 Å². The number of hydrogen-bond donors (Lipinski definition) is 4. The highest BCUT2D eigenvalue weighted by molar-refractivity contribution is 5.98. The topological polar surface area (TPSA) is 99.3 Å². The van der Waals surface area contributed by atoms with Gasteiger partial charge in [-0.1, -0.05) is 30.3 Å². The monoisotopic (exact) mass is 380 g/mol. The van der Waals surface area contributed by atoms with Crippen LogP contribution in [0.3, 0.4) is 0 Å². The summed E-state index contributed by atoms with van der Waals surface area (Å²) in [7, 11) is 0. The summed E-state index contributed by atoms with van der Waals surface area (Å²) in [6.45, 7) is 2.00. The molecule has 3 rings (SSSR count). The Labute approximate surface area is 163 Å². The second-order valence-electron chi connectivity index (χ2n) is 6.85. The minimum Gasteiger partial charge on any atom is -0.374 e. The van der Waals surface area contributed by atoms with Gasteiger partial charge in [0.05, 0.1) is 0 Å². The Bertz CT molecular complexity index is 832. The molecule has 7 nitrogen and oxygen atoms in total. The third-order valence-electron chi connectivity index (χ3n) is 4.37. The van der Waals surface area contributed by atoms with E-state index in [1.165, 1.54) is 0 Å². The zero-order valence-corrected chi connectivity index (χ0v) is 15.7. The first-order valence-electron chi connectivity index (χ1n) is 9.31. The van der Waals surface area contributed by atoms with E-state index in [0.29, 0.717) is 23.8 Å². The molecule has 0 aliphatic heterocycles. The Morgan fingerprint density at radius 2 is 1.68 bits per heavy atom. The fraction of sp³-hybridized carbons (Fsp3) is 0.286. The van der Waals surface area contributed by atoms with Crippen LogP contribution in [0.4, 0.5) is 10.5 Å². The number of nitrogens with one attached hydrogen (secondary N) is 4. The molecule has 1 aliphatic carbocycles. The Kier molecular flexibility index (Phi) is 6.26. The maximum Gasteiger partial charge on any atom is 0.321 e. The molecule has 1 atom stereocenters. The zero-order valence-electron chi connectivity index (χ0n) is 15.7. The average Bonchev–Trinajstić information content (AvgIpc) is 3.51. The van der Waals surface area contributed by atoms with E-state index in [1.54, 1.807) is 31.2 Å². The minimum atomic E-state index is -0.617. The number of rotatable bonds is 7. The van der Waals surface area contributed by atoms with Crippen LogP contribution in [0.1, 0.15) is 35.7 Å². The van der Waals surface area contributed by atoms with Crippen molar-refractivity contribution in [3.8, 4) is 0 Å². The van der Waals surface area contributed by atoms with E-state index in [1.807, 2.05) is 30.3 Å². The second kappa shape index (κ2) is 9.03. The van der Waals surface area contributed by atoms with Crippen molar-refractivity contribution in [3.63, 3.8) is 0 Å². The fourth-order valence-corrected chi connectivity index (χ4v) is 2.57. The molecular formula is C21H24N4O3. The van der Waals surface area contributed by atoms with Crippen molar-refractivity contribution in [2.24, 2.45) is 0 Å². The van der Waals surface area contributed by atoms with E-state index in [4.69, 9.17) is 0 Å². The van der Waals surface area contributed by atoms with E-state index in [-0.39, 0.29) is 5.91 Å². The summed E-state index contributed by atoms with van der Waals surface area (Å²) in [5, 5.41) is 10.9. The molecule has 2 aromatic rings. The van der Waals surface area contributed by atoms with Gasteiger partial charge in [-0.2, -0.15) is 0 Å². The molecular weight excluding hydrogens is 356 g/mol. The molecule has 0 spiro atoms. The maximum atomic E-state index is 12.2. The predicted molar refractivity (Wildman–Crippen MR) is 107 cm³/mol. The highest BCUT2D eigenvalue weighted by Gasteiger charge is 2.23. The number of hydrogen-bond acceptors (Lipinski definition) is 4. The SMILES string of the molecule is CC(Nc1ccc(C(=O)NC2CC2)cc1)C(=O)NC(=O)NCc1ccccc1. The van der Waals surface area contributed by atoms with Crippen molar-refractivity contribution in [1.82, 2.24) is 16.0 Å². The lowest BCUT2D eigenvalue weighted by atomic mass is 10.2. The highest BCUT2D eigenvalue weighted by atomic mass is 16.2.